The van der Waals surface area contributed by atoms with Gasteiger partial charge in [-0.25, -0.2) is 0 Å². The Morgan fingerprint density at radius 2 is 2.17 bits per heavy atom. The summed E-state index contributed by atoms with van der Waals surface area (Å²) in [5, 5.41) is 11.0. The minimum absolute atomic E-state index is 0.195. The molecule has 128 valence electrons. The fourth-order valence-corrected chi connectivity index (χ4v) is 3.54. The topological polar surface area (TPSA) is 78.9 Å². The van der Waals surface area contributed by atoms with Gasteiger partial charge in [-0.3, -0.25) is 9.69 Å². The van der Waals surface area contributed by atoms with E-state index in [1.165, 1.54) is 14.0 Å². The van der Waals surface area contributed by atoms with Gasteiger partial charge >= 0.3 is 0 Å². The van der Waals surface area contributed by atoms with Gasteiger partial charge in [0.15, 0.2) is 11.5 Å². The molecule has 2 rings (SSSR count). The number of thiocarbonyl (C=S) groups is 1. The lowest BCUT2D eigenvalue weighted by Crippen LogP contribution is -2.48. The molecular formula is C16H16NO5S2-. The van der Waals surface area contributed by atoms with Crippen molar-refractivity contribution in [3.63, 3.8) is 0 Å². The Labute approximate surface area is 149 Å². The second-order valence-corrected chi connectivity index (χ2v) is 6.57. The van der Waals surface area contributed by atoms with Gasteiger partial charge in [0, 0.05) is 0 Å². The summed E-state index contributed by atoms with van der Waals surface area (Å²) in [6.45, 7) is 3.75. The van der Waals surface area contributed by atoms with Crippen LogP contribution in [0.3, 0.4) is 0 Å². The van der Waals surface area contributed by atoms with Crippen molar-refractivity contribution >= 4 is 46.3 Å². The van der Waals surface area contributed by atoms with Crippen molar-refractivity contribution in [2.24, 2.45) is 0 Å². The number of carboxylic acids is 1. The maximum absolute atomic E-state index is 12.4. The number of rotatable bonds is 6. The van der Waals surface area contributed by atoms with Gasteiger partial charge in [-0.05, 0) is 37.6 Å². The molecule has 0 aromatic heterocycles. The van der Waals surface area contributed by atoms with E-state index in [0.29, 0.717) is 23.0 Å². The molecule has 1 heterocycles. The second kappa shape index (κ2) is 7.67. The van der Waals surface area contributed by atoms with Crippen molar-refractivity contribution in [2.75, 3.05) is 13.7 Å². The third-order valence-corrected chi connectivity index (χ3v) is 4.67. The number of methoxy groups -OCH3 is 1. The summed E-state index contributed by atoms with van der Waals surface area (Å²) in [5.41, 5.74) is 0.719. The van der Waals surface area contributed by atoms with Crippen LogP contribution in [0.1, 0.15) is 19.4 Å². The van der Waals surface area contributed by atoms with Gasteiger partial charge in [0.2, 0.25) is 0 Å². The summed E-state index contributed by atoms with van der Waals surface area (Å²) in [6, 6.07) is 4.15. The highest BCUT2D eigenvalue weighted by Crippen LogP contribution is 2.35. The highest BCUT2D eigenvalue weighted by atomic mass is 32.2. The van der Waals surface area contributed by atoms with Crippen LogP contribution in [0.25, 0.3) is 6.08 Å². The SMILES string of the molecule is CCOc1ccc(/C=C2/SC(=S)N([C@@H](C)C(=O)[O-])C2=O)cc1OC. The predicted octanol–water partition coefficient (Wildman–Crippen LogP) is 1.43. The molecule has 1 aromatic carbocycles. The molecule has 1 atom stereocenters. The average molecular weight is 366 g/mol. The monoisotopic (exact) mass is 366 g/mol. The second-order valence-electron chi connectivity index (χ2n) is 4.89. The summed E-state index contributed by atoms with van der Waals surface area (Å²) in [4.78, 5) is 24.8. The quantitative estimate of drug-likeness (QED) is 0.557. The van der Waals surface area contributed by atoms with Crippen LogP contribution in [0.2, 0.25) is 0 Å². The van der Waals surface area contributed by atoms with Crippen LogP contribution in [-0.4, -0.2) is 40.9 Å². The van der Waals surface area contributed by atoms with Gasteiger partial charge in [-0.2, -0.15) is 0 Å². The molecule has 0 N–H and O–H groups in total. The van der Waals surface area contributed by atoms with E-state index in [0.717, 1.165) is 22.2 Å². The lowest BCUT2D eigenvalue weighted by Gasteiger charge is -2.23. The summed E-state index contributed by atoms with van der Waals surface area (Å²) >= 11 is 6.16. The first kappa shape index (κ1) is 18.3. The molecule has 1 aliphatic rings. The van der Waals surface area contributed by atoms with Gasteiger partial charge < -0.3 is 19.4 Å². The number of ether oxygens (including phenoxy) is 2. The maximum Gasteiger partial charge on any atom is 0.266 e. The molecule has 0 radical (unpaired) electrons. The summed E-state index contributed by atoms with van der Waals surface area (Å²) in [6.07, 6.45) is 1.64. The van der Waals surface area contributed by atoms with Crippen molar-refractivity contribution in [3.8, 4) is 11.5 Å². The molecule has 1 aliphatic heterocycles. The number of hydrogen-bond acceptors (Lipinski definition) is 7. The molecule has 1 fully saturated rings. The fourth-order valence-electron chi connectivity index (χ4n) is 2.12. The van der Waals surface area contributed by atoms with E-state index in [1.807, 2.05) is 6.92 Å². The number of benzene rings is 1. The molecule has 24 heavy (non-hydrogen) atoms. The molecule has 0 unspecified atom stereocenters. The lowest BCUT2D eigenvalue weighted by atomic mass is 10.1. The van der Waals surface area contributed by atoms with Crippen LogP contribution in [0.4, 0.5) is 0 Å². The van der Waals surface area contributed by atoms with Crippen molar-refractivity contribution in [1.82, 2.24) is 4.90 Å². The molecule has 0 spiro atoms. The van der Waals surface area contributed by atoms with E-state index in [9.17, 15) is 14.7 Å². The molecule has 8 heteroatoms. The fraction of sp³-hybridized carbons (Fsp3) is 0.312. The van der Waals surface area contributed by atoms with E-state index < -0.39 is 17.9 Å². The highest BCUT2D eigenvalue weighted by molar-refractivity contribution is 8.26. The first-order chi connectivity index (χ1) is 11.4. The minimum Gasteiger partial charge on any atom is -0.548 e. The van der Waals surface area contributed by atoms with Crippen molar-refractivity contribution in [3.05, 3.63) is 28.7 Å². The highest BCUT2D eigenvalue weighted by Gasteiger charge is 2.35. The Kier molecular flexibility index (Phi) is 5.84. The zero-order chi connectivity index (χ0) is 17.9. The van der Waals surface area contributed by atoms with E-state index in [4.69, 9.17) is 21.7 Å². The van der Waals surface area contributed by atoms with Gasteiger partial charge in [-0.15, -0.1) is 0 Å². The first-order valence-electron chi connectivity index (χ1n) is 7.17. The standard InChI is InChI=1S/C16H17NO5S2/c1-4-22-11-6-5-10(7-12(11)21-3)8-13-14(18)17(16(23)24-13)9(2)15(19)20/h5-9H,4H2,1-3H3,(H,19,20)/p-1/b13-8+/t9-/m0/s1. The third-order valence-electron chi connectivity index (χ3n) is 3.34. The minimum atomic E-state index is -1.35. The third kappa shape index (κ3) is 3.70. The van der Waals surface area contributed by atoms with Crippen molar-refractivity contribution in [2.45, 2.75) is 19.9 Å². The van der Waals surface area contributed by atoms with Crippen LogP contribution in [0.15, 0.2) is 23.1 Å². The molecule has 6 nitrogen and oxygen atoms in total. The van der Waals surface area contributed by atoms with Crippen LogP contribution in [0, 0.1) is 0 Å². The smallest absolute Gasteiger partial charge is 0.266 e. The number of thioether (sulfide) groups is 1. The summed E-state index contributed by atoms with van der Waals surface area (Å²) in [7, 11) is 1.53. The zero-order valence-corrected chi connectivity index (χ0v) is 15.0. The number of carbonyl (C=O) groups is 2. The van der Waals surface area contributed by atoms with Gasteiger partial charge in [0.05, 0.1) is 30.6 Å². The average Bonchev–Trinajstić information content (AvgIpc) is 2.82. The Hall–Kier alpha value is -2.06. The summed E-state index contributed by atoms with van der Waals surface area (Å²) in [5.74, 6) is -0.649. The van der Waals surface area contributed by atoms with Crippen LogP contribution in [0.5, 0.6) is 11.5 Å². The number of carbonyl (C=O) groups excluding carboxylic acids is 2. The van der Waals surface area contributed by atoms with Gasteiger partial charge in [0.1, 0.15) is 4.32 Å². The van der Waals surface area contributed by atoms with Crippen LogP contribution < -0.4 is 14.6 Å². The first-order valence-corrected chi connectivity index (χ1v) is 8.40. The molecule has 0 bridgehead atoms. The molecule has 1 saturated heterocycles. The molecular weight excluding hydrogens is 350 g/mol. The molecule has 0 saturated carbocycles. The normalized spacial score (nSPS) is 17.3. The van der Waals surface area contributed by atoms with Crippen molar-refractivity contribution < 1.29 is 24.2 Å². The Morgan fingerprint density at radius 3 is 2.75 bits per heavy atom. The number of carboxylic acid groups (broad SMARTS) is 1. The molecule has 1 amide bonds. The molecule has 1 aromatic rings. The van der Waals surface area contributed by atoms with E-state index >= 15 is 0 Å². The van der Waals surface area contributed by atoms with Crippen LogP contribution in [-0.2, 0) is 9.59 Å². The van der Waals surface area contributed by atoms with E-state index in [2.05, 4.69) is 0 Å². The van der Waals surface area contributed by atoms with Gasteiger partial charge in [0.25, 0.3) is 5.91 Å². The van der Waals surface area contributed by atoms with Crippen molar-refractivity contribution in [1.29, 1.82) is 0 Å². The Bertz CT molecular complexity index is 716. The van der Waals surface area contributed by atoms with E-state index in [-0.39, 0.29) is 4.32 Å². The number of nitrogens with zero attached hydrogens (tertiary/aromatic N) is 1. The van der Waals surface area contributed by atoms with Gasteiger partial charge in [-0.1, -0.05) is 30.0 Å². The number of aliphatic carboxylic acids is 1. The lowest BCUT2D eigenvalue weighted by molar-refractivity contribution is -0.309. The van der Waals surface area contributed by atoms with E-state index in [1.54, 1.807) is 24.3 Å². The molecule has 0 aliphatic carbocycles. The van der Waals surface area contributed by atoms with Crippen LogP contribution >= 0.6 is 24.0 Å². The number of amides is 1. The predicted molar refractivity (Wildman–Crippen MR) is 93.6 cm³/mol. The summed E-state index contributed by atoms with van der Waals surface area (Å²) < 4.78 is 10.9. The zero-order valence-electron chi connectivity index (χ0n) is 13.4. The Morgan fingerprint density at radius 1 is 1.46 bits per heavy atom. The largest absolute Gasteiger partial charge is 0.548 e. The number of hydrogen-bond donors (Lipinski definition) is 0. The Balaban J connectivity index is 2.30. The maximum atomic E-state index is 12.4.